The Hall–Kier alpha value is -3.07. The number of aromatic nitrogens is 3. The summed E-state index contributed by atoms with van der Waals surface area (Å²) in [6.45, 7) is 0. The number of furan rings is 1. The summed E-state index contributed by atoms with van der Waals surface area (Å²) in [4.78, 5) is 10.5. The molecule has 110 valence electrons. The summed E-state index contributed by atoms with van der Waals surface area (Å²) >= 11 is 5.10. The summed E-state index contributed by atoms with van der Waals surface area (Å²) in [6, 6.07) is 9.70. The van der Waals surface area contributed by atoms with Gasteiger partial charge in [-0.1, -0.05) is 12.1 Å². The third-order valence-corrected chi connectivity index (χ3v) is 3.10. The summed E-state index contributed by atoms with van der Waals surface area (Å²) in [6.07, 6.45) is 2.86. The van der Waals surface area contributed by atoms with Crippen LogP contribution in [0.2, 0.25) is 0 Å². The van der Waals surface area contributed by atoms with Gasteiger partial charge in [-0.15, -0.1) is 5.10 Å². The number of nitrogens with zero attached hydrogens (tertiary/aromatic N) is 4. The molecule has 8 nitrogen and oxygen atoms in total. The first kappa shape index (κ1) is 13.9. The van der Waals surface area contributed by atoms with E-state index in [0.29, 0.717) is 17.1 Å². The highest BCUT2D eigenvalue weighted by molar-refractivity contribution is 7.71. The fraction of sp³-hybridized carbons (Fsp3) is 0. The lowest BCUT2D eigenvalue weighted by molar-refractivity contribution is -0.385. The summed E-state index contributed by atoms with van der Waals surface area (Å²) in [5, 5.41) is 21.8. The van der Waals surface area contributed by atoms with E-state index in [0.717, 1.165) is 0 Å². The second kappa shape index (κ2) is 5.74. The van der Waals surface area contributed by atoms with Crippen molar-refractivity contribution in [1.82, 2.24) is 14.9 Å². The van der Waals surface area contributed by atoms with Crippen molar-refractivity contribution in [3.8, 4) is 11.6 Å². The molecule has 0 aliphatic heterocycles. The lowest BCUT2D eigenvalue weighted by Crippen LogP contribution is -1.97. The largest absolute Gasteiger partial charge is 0.461 e. The number of nitrogens with one attached hydrogen (secondary N) is 1. The molecule has 1 N–H and O–H groups in total. The van der Waals surface area contributed by atoms with Crippen LogP contribution in [-0.4, -0.2) is 26.0 Å². The molecule has 3 aromatic rings. The van der Waals surface area contributed by atoms with Crippen LogP contribution in [0, 0.1) is 14.9 Å². The number of benzene rings is 1. The third-order valence-electron chi connectivity index (χ3n) is 2.84. The molecule has 0 fully saturated rings. The van der Waals surface area contributed by atoms with Gasteiger partial charge in [0, 0.05) is 6.07 Å². The van der Waals surface area contributed by atoms with Crippen LogP contribution in [0.1, 0.15) is 5.56 Å². The minimum absolute atomic E-state index is 0.0409. The van der Waals surface area contributed by atoms with E-state index in [1.165, 1.54) is 23.2 Å². The predicted molar refractivity (Wildman–Crippen MR) is 81.2 cm³/mol. The van der Waals surface area contributed by atoms with Crippen LogP contribution < -0.4 is 0 Å². The van der Waals surface area contributed by atoms with E-state index in [2.05, 4.69) is 15.3 Å². The van der Waals surface area contributed by atoms with Gasteiger partial charge in [-0.05, 0) is 30.4 Å². The Labute approximate surface area is 128 Å². The first-order chi connectivity index (χ1) is 10.7. The molecule has 0 spiro atoms. The van der Waals surface area contributed by atoms with Gasteiger partial charge in [0.15, 0.2) is 5.76 Å². The van der Waals surface area contributed by atoms with Crippen molar-refractivity contribution in [1.29, 1.82) is 0 Å². The zero-order valence-corrected chi connectivity index (χ0v) is 11.9. The number of para-hydroxylation sites is 1. The van der Waals surface area contributed by atoms with Crippen LogP contribution in [0.25, 0.3) is 11.6 Å². The van der Waals surface area contributed by atoms with Crippen LogP contribution in [0.3, 0.4) is 0 Å². The van der Waals surface area contributed by atoms with Gasteiger partial charge in [-0.3, -0.25) is 10.1 Å². The number of nitro groups is 1. The van der Waals surface area contributed by atoms with Crippen molar-refractivity contribution in [2.24, 2.45) is 5.10 Å². The minimum atomic E-state index is -0.469. The summed E-state index contributed by atoms with van der Waals surface area (Å²) in [7, 11) is 0. The first-order valence-electron chi connectivity index (χ1n) is 6.16. The normalized spacial score (nSPS) is 11.1. The van der Waals surface area contributed by atoms with Gasteiger partial charge in [-0.2, -0.15) is 9.78 Å². The Morgan fingerprint density at radius 3 is 2.91 bits per heavy atom. The van der Waals surface area contributed by atoms with E-state index in [1.54, 1.807) is 30.3 Å². The van der Waals surface area contributed by atoms with Crippen molar-refractivity contribution >= 4 is 24.1 Å². The Kier molecular flexibility index (Phi) is 3.62. The Balaban J connectivity index is 2.03. The SMILES string of the molecule is O=[N+]([O-])c1ccccc1/C=N/n1c(-c2ccco2)n[nH]c1=S. The standard InChI is InChI=1S/C13H9N5O3S/c19-18(20)10-5-2-1-4-9(10)8-14-17-12(15-16-13(17)22)11-6-3-7-21-11/h1-8H,(H,16,22)/b14-8+. The van der Waals surface area contributed by atoms with E-state index < -0.39 is 4.92 Å². The van der Waals surface area contributed by atoms with E-state index >= 15 is 0 Å². The maximum absolute atomic E-state index is 11.0. The van der Waals surface area contributed by atoms with Crippen LogP contribution >= 0.6 is 12.2 Å². The average Bonchev–Trinajstić information content (AvgIpc) is 3.15. The number of H-pyrrole nitrogens is 1. The molecule has 0 saturated heterocycles. The van der Waals surface area contributed by atoms with Crippen LogP contribution in [0.15, 0.2) is 52.2 Å². The van der Waals surface area contributed by atoms with E-state index in [1.807, 2.05) is 0 Å². The summed E-state index contributed by atoms with van der Waals surface area (Å²) < 4.78 is 6.85. The van der Waals surface area contributed by atoms with Crippen molar-refractivity contribution in [2.75, 3.05) is 0 Å². The van der Waals surface area contributed by atoms with Gasteiger partial charge in [0.1, 0.15) is 0 Å². The average molecular weight is 315 g/mol. The molecule has 0 bridgehead atoms. The molecule has 0 atom stereocenters. The lowest BCUT2D eigenvalue weighted by atomic mass is 10.2. The monoisotopic (exact) mass is 315 g/mol. The molecule has 22 heavy (non-hydrogen) atoms. The van der Waals surface area contributed by atoms with Gasteiger partial charge in [-0.25, -0.2) is 5.10 Å². The second-order valence-corrected chi connectivity index (χ2v) is 4.59. The highest BCUT2D eigenvalue weighted by atomic mass is 32.1. The second-order valence-electron chi connectivity index (χ2n) is 4.20. The van der Waals surface area contributed by atoms with Crippen LogP contribution in [-0.2, 0) is 0 Å². The fourth-order valence-electron chi connectivity index (χ4n) is 1.85. The molecule has 9 heteroatoms. The molecule has 1 aromatic carbocycles. The lowest BCUT2D eigenvalue weighted by Gasteiger charge is -1.98. The zero-order valence-electron chi connectivity index (χ0n) is 11.0. The van der Waals surface area contributed by atoms with Crippen molar-refractivity contribution in [3.05, 3.63) is 63.1 Å². The van der Waals surface area contributed by atoms with Crippen molar-refractivity contribution < 1.29 is 9.34 Å². The van der Waals surface area contributed by atoms with Gasteiger partial charge in [0.05, 0.1) is 23.0 Å². The third kappa shape index (κ3) is 2.56. The highest BCUT2D eigenvalue weighted by Gasteiger charge is 2.12. The number of hydrogen-bond acceptors (Lipinski definition) is 6. The molecule has 0 aliphatic rings. The fourth-order valence-corrected chi connectivity index (χ4v) is 2.03. The summed E-state index contributed by atoms with van der Waals surface area (Å²) in [5.41, 5.74) is 0.321. The Morgan fingerprint density at radius 1 is 1.36 bits per heavy atom. The van der Waals surface area contributed by atoms with E-state index in [4.69, 9.17) is 16.6 Å². The molecule has 0 saturated carbocycles. The maximum atomic E-state index is 11.0. The van der Waals surface area contributed by atoms with Crippen molar-refractivity contribution in [2.45, 2.75) is 0 Å². The molecular weight excluding hydrogens is 306 g/mol. The highest BCUT2D eigenvalue weighted by Crippen LogP contribution is 2.18. The maximum Gasteiger partial charge on any atom is 0.278 e. The molecule has 0 radical (unpaired) electrons. The number of hydrogen-bond donors (Lipinski definition) is 1. The summed E-state index contributed by atoms with van der Waals surface area (Å²) in [5.74, 6) is 0.858. The Morgan fingerprint density at radius 2 is 2.18 bits per heavy atom. The van der Waals surface area contributed by atoms with E-state index in [9.17, 15) is 10.1 Å². The smallest absolute Gasteiger partial charge is 0.278 e. The number of aromatic amines is 1. The van der Waals surface area contributed by atoms with Gasteiger partial charge in [0.25, 0.3) is 5.69 Å². The quantitative estimate of drug-likeness (QED) is 0.345. The zero-order chi connectivity index (χ0) is 15.5. The van der Waals surface area contributed by atoms with Crippen LogP contribution in [0.4, 0.5) is 5.69 Å². The molecule has 2 heterocycles. The van der Waals surface area contributed by atoms with Gasteiger partial charge >= 0.3 is 0 Å². The molecule has 0 unspecified atom stereocenters. The molecule has 2 aromatic heterocycles. The first-order valence-corrected chi connectivity index (χ1v) is 6.56. The van der Waals surface area contributed by atoms with Gasteiger partial charge < -0.3 is 4.42 Å². The number of rotatable bonds is 4. The molecule has 0 aliphatic carbocycles. The van der Waals surface area contributed by atoms with E-state index in [-0.39, 0.29) is 10.5 Å². The Bertz CT molecular complexity index is 895. The van der Waals surface area contributed by atoms with Crippen molar-refractivity contribution in [3.63, 3.8) is 0 Å². The molecule has 3 rings (SSSR count). The number of nitro benzene ring substituents is 1. The predicted octanol–water partition coefficient (Wildman–Crippen LogP) is 2.99. The molecular formula is C13H9N5O3S. The molecule has 0 amide bonds. The van der Waals surface area contributed by atoms with Crippen LogP contribution in [0.5, 0.6) is 0 Å². The minimum Gasteiger partial charge on any atom is -0.461 e. The van der Waals surface area contributed by atoms with Gasteiger partial charge in [0.2, 0.25) is 10.6 Å². The topological polar surface area (TPSA) is 102 Å².